The molecule has 0 unspecified atom stereocenters. The van der Waals surface area contributed by atoms with E-state index in [4.69, 9.17) is 4.42 Å². The van der Waals surface area contributed by atoms with Crippen molar-refractivity contribution in [2.75, 3.05) is 0 Å². The molecule has 5 rings (SSSR count). The van der Waals surface area contributed by atoms with E-state index in [1.165, 1.54) is 6.07 Å². The Hall–Kier alpha value is -3.20. The molecule has 2 aromatic heterocycles. The van der Waals surface area contributed by atoms with Crippen LogP contribution in [0.4, 0.5) is 13.2 Å². The van der Waals surface area contributed by atoms with Crippen molar-refractivity contribution < 1.29 is 17.6 Å². The summed E-state index contributed by atoms with van der Waals surface area (Å²) in [7, 11) is 0. The molecular weight excluding hydrogens is 403 g/mol. The van der Waals surface area contributed by atoms with Crippen LogP contribution >= 0.6 is 11.3 Å². The summed E-state index contributed by atoms with van der Waals surface area (Å²) in [5.74, 6) is -0.623. The first-order valence-corrected chi connectivity index (χ1v) is 9.49. The third-order valence-electron chi connectivity index (χ3n) is 4.76. The van der Waals surface area contributed by atoms with E-state index in [1.54, 1.807) is 37.3 Å². The zero-order valence-corrected chi connectivity index (χ0v) is 15.7. The first kappa shape index (κ1) is 17.9. The van der Waals surface area contributed by atoms with Crippen molar-refractivity contribution in [3.05, 3.63) is 68.5 Å². The number of thiophene rings is 1. The van der Waals surface area contributed by atoms with Crippen molar-refractivity contribution in [1.29, 1.82) is 0 Å². The second-order valence-corrected chi connectivity index (χ2v) is 7.83. The van der Waals surface area contributed by atoms with Gasteiger partial charge in [-0.3, -0.25) is 4.98 Å². The zero-order valence-electron chi connectivity index (χ0n) is 14.9. The average Bonchev–Trinajstić information content (AvgIpc) is 3.16. The third kappa shape index (κ3) is 2.89. The molecule has 1 aliphatic rings. The fraction of sp³-hybridized carbons (Fsp3) is 0.150. The highest BCUT2D eigenvalue weighted by Gasteiger charge is 2.39. The number of oxazole rings is 1. The Morgan fingerprint density at radius 1 is 1.17 bits per heavy atom. The topological polar surface area (TPSA) is 70.7 Å². The van der Waals surface area contributed by atoms with Crippen LogP contribution in [0.25, 0.3) is 21.2 Å². The number of benzene rings is 2. The number of nitrogens with one attached hydrogen (secondary N) is 1. The van der Waals surface area contributed by atoms with E-state index < -0.39 is 17.5 Å². The van der Waals surface area contributed by atoms with Crippen LogP contribution < -0.4 is 5.76 Å². The van der Waals surface area contributed by atoms with Gasteiger partial charge in [0, 0.05) is 27.8 Å². The molecule has 5 nitrogen and oxygen atoms in total. The van der Waals surface area contributed by atoms with Crippen molar-refractivity contribution >= 4 is 43.9 Å². The Morgan fingerprint density at radius 2 is 1.97 bits per heavy atom. The number of H-pyrrole nitrogens is 1. The Kier molecular flexibility index (Phi) is 3.79. The summed E-state index contributed by atoms with van der Waals surface area (Å²) >= 11 is 1.02. The van der Waals surface area contributed by atoms with Gasteiger partial charge in [-0.2, -0.15) is 18.3 Å². The van der Waals surface area contributed by atoms with E-state index in [0.717, 1.165) is 16.9 Å². The van der Waals surface area contributed by atoms with Crippen molar-refractivity contribution in [1.82, 2.24) is 4.98 Å². The molecule has 0 atom stereocenters. The Balaban J connectivity index is 1.85. The smallest absolute Gasteiger partial charge is 0.408 e. The fourth-order valence-corrected chi connectivity index (χ4v) is 4.79. The summed E-state index contributed by atoms with van der Waals surface area (Å²) in [5, 5.41) is 8.44. The molecule has 4 aromatic rings. The number of alkyl halides is 3. The molecule has 0 spiro atoms. The van der Waals surface area contributed by atoms with E-state index in [0.29, 0.717) is 27.9 Å². The first-order valence-electron chi connectivity index (χ1n) is 8.67. The lowest BCUT2D eigenvalue weighted by molar-refractivity contribution is -0.136. The van der Waals surface area contributed by atoms with Crippen LogP contribution in [0.1, 0.15) is 28.5 Å². The number of rotatable bonds is 1. The summed E-state index contributed by atoms with van der Waals surface area (Å²) in [4.78, 5) is 14.1. The van der Waals surface area contributed by atoms with Gasteiger partial charge >= 0.3 is 11.9 Å². The SMILES string of the molecule is CC1=NN=C(c2sc3ccccc3c2C(F)(F)F)c2cc3oc(=O)[nH]c3cc2C1. The Morgan fingerprint density at radius 3 is 2.76 bits per heavy atom. The van der Waals surface area contributed by atoms with Crippen LogP contribution in [-0.2, 0) is 12.6 Å². The number of halogens is 3. The molecule has 0 saturated carbocycles. The normalized spacial score (nSPS) is 14.6. The molecule has 9 heteroatoms. The quantitative estimate of drug-likeness (QED) is 0.469. The highest BCUT2D eigenvalue weighted by atomic mass is 32.1. The lowest BCUT2D eigenvalue weighted by atomic mass is 9.95. The predicted octanol–water partition coefficient (Wildman–Crippen LogP) is 5.12. The second-order valence-electron chi connectivity index (χ2n) is 6.78. The molecule has 1 N–H and O–H groups in total. The van der Waals surface area contributed by atoms with Crippen LogP contribution in [0.2, 0.25) is 0 Å². The molecule has 146 valence electrons. The molecule has 0 radical (unpaired) electrons. The van der Waals surface area contributed by atoms with Crippen molar-refractivity contribution in [3.63, 3.8) is 0 Å². The van der Waals surface area contributed by atoms with Gasteiger partial charge < -0.3 is 4.42 Å². The van der Waals surface area contributed by atoms with Crippen LogP contribution in [0, 0.1) is 0 Å². The van der Waals surface area contributed by atoms with E-state index >= 15 is 0 Å². The summed E-state index contributed by atoms with van der Waals surface area (Å²) in [6, 6.07) is 9.65. The van der Waals surface area contributed by atoms with Crippen molar-refractivity contribution in [2.24, 2.45) is 10.2 Å². The average molecular weight is 415 g/mol. The van der Waals surface area contributed by atoms with Gasteiger partial charge in [-0.05, 0) is 30.7 Å². The van der Waals surface area contributed by atoms with Gasteiger partial charge in [0.25, 0.3) is 0 Å². The maximum absolute atomic E-state index is 14.0. The standard InChI is InChI=1S/C20H12F3N3O2S/c1-9-6-10-7-13-14(28-19(27)24-13)8-12(10)17(26-25-9)18-16(20(21,22)23)11-4-2-3-5-15(11)29-18/h2-5,7-8H,6H2,1H3,(H,24,27). The molecule has 1 aliphatic heterocycles. The van der Waals surface area contributed by atoms with E-state index in [1.807, 2.05) is 0 Å². The molecule has 0 saturated heterocycles. The monoisotopic (exact) mass is 415 g/mol. The molecule has 0 aliphatic carbocycles. The van der Waals surface area contributed by atoms with Crippen LogP contribution in [-0.4, -0.2) is 16.4 Å². The maximum Gasteiger partial charge on any atom is 0.418 e. The molecular formula is C20H12F3N3O2S. The van der Waals surface area contributed by atoms with E-state index in [-0.39, 0.29) is 21.6 Å². The Bertz CT molecular complexity index is 1410. The summed E-state index contributed by atoms with van der Waals surface area (Å²) in [5.41, 5.74) is 1.98. The summed E-state index contributed by atoms with van der Waals surface area (Å²) in [6.45, 7) is 1.76. The molecule has 0 amide bonds. The van der Waals surface area contributed by atoms with Crippen LogP contribution in [0.3, 0.4) is 0 Å². The van der Waals surface area contributed by atoms with Gasteiger partial charge in [-0.1, -0.05) is 18.2 Å². The summed E-state index contributed by atoms with van der Waals surface area (Å²) in [6.07, 6.45) is -4.16. The largest absolute Gasteiger partial charge is 0.418 e. The first-order chi connectivity index (χ1) is 13.8. The number of aromatic nitrogens is 1. The van der Waals surface area contributed by atoms with Gasteiger partial charge in [-0.15, -0.1) is 16.4 Å². The highest BCUT2D eigenvalue weighted by molar-refractivity contribution is 7.21. The van der Waals surface area contributed by atoms with Gasteiger partial charge in [0.2, 0.25) is 0 Å². The molecule has 0 bridgehead atoms. The van der Waals surface area contributed by atoms with E-state index in [2.05, 4.69) is 15.2 Å². The zero-order chi connectivity index (χ0) is 20.3. The van der Waals surface area contributed by atoms with Gasteiger partial charge in [-0.25, -0.2) is 4.79 Å². The van der Waals surface area contributed by atoms with Crippen LogP contribution in [0.5, 0.6) is 0 Å². The van der Waals surface area contributed by atoms with Crippen molar-refractivity contribution in [3.8, 4) is 0 Å². The minimum absolute atomic E-state index is 0.00404. The number of nitrogens with zero attached hydrogens (tertiary/aromatic N) is 2. The second kappa shape index (κ2) is 6.15. The highest BCUT2D eigenvalue weighted by Crippen LogP contribution is 2.43. The number of hydrogen-bond acceptors (Lipinski definition) is 5. The lowest BCUT2D eigenvalue weighted by Gasteiger charge is -2.12. The minimum atomic E-state index is -4.56. The summed E-state index contributed by atoms with van der Waals surface area (Å²) < 4.78 is 47.7. The fourth-order valence-electron chi connectivity index (χ4n) is 3.57. The van der Waals surface area contributed by atoms with Crippen LogP contribution in [0.15, 0.2) is 55.8 Å². The Labute approximate surface area is 165 Å². The molecule has 0 fully saturated rings. The molecule has 3 heterocycles. The molecule has 29 heavy (non-hydrogen) atoms. The number of fused-ring (bicyclic) bond motifs is 3. The van der Waals surface area contributed by atoms with Gasteiger partial charge in [0.05, 0.1) is 16.0 Å². The number of aromatic amines is 1. The van der Waals surface area contributed by atoms with Crippen molar-refractivity contribution in [2.45, 2.75) is 19.5 Å². The number of hydrogen-bond donors (Lipinski definition) is 1. The predicted molar refractivity (Wildman–Crippen MR) is 106 cm³/mol. The lowest BCUT2D eigenvalue weighted by Crippen LogP contribution is -2.13. The van der Waals surface area contributed by atoms with Gasteiger partial charge in [0.1, 0.15) is 5.71 Å². The molecule has 2 aromatic carbocycles. The van der Waals surface area contributed by atoms with E-state index in [9.17, 15) is 18.0 Å². The van der Waals surface area contributed by atoms with Gasteiger partial charge in [0.15, 0.2) is 5.58 Å². The maximum atomic E-state index is 14.0. The third-order valence-corrected chi connectivity index (χ3v) is 5.94. The minimum Gasteiger partial charge on any atom is -0.408 e.